The van der Waals surface area contributed by atoms with Crippen molar-refractivity contribution in [2.75, 3.05) is 5.32 Å². The molecule has 0 fully saturated rings. The molecule has 2 aliphatic rings. The Morgan fingerprint density at radius 3 is 2.16 bits per heavy atom. The molecule has 7 nitrogen and oxygen atoms in total. The maximum Gasteiger partial charge on any atom is 0.419 e. The van der Waals surface area contributed by atoms with Crippen molar-refractivity contribution in [1.29, 1.82) is 0 Å². The number of rotatable bonds is 4. The lowest BCUT2D eigenvalue weighted by molar-refractivity contribution is -0.138. The first-order valence-corrected chi connectivity index (χ1v) is 11.6. The summed E-state index contributed by atoms with van der Waals surface area (Å²) >= 11 is 0. The fraction of sp³-hybridized carbons (Fsp3) is 0.500. The molecule has 0 saturated carbocycles. The van der Waals surface area contributed by atoms with Gasteiger partial charge in [0.05, 0.1) is 17.5 Å². The van der Waals surface area contributed by atoms with Gasteiger partial charge in [-0.25, -0.2) is 9.52 Å². The normalized spacial score (nSPS) is 15.8. The van der Waals surface area contributed by atoms with E-state index in [1.807, 2.05) is 0 Å². The quantitative estimate of drug-likeness (QED) is 0.729. The van der Waals surface area contributed by atoms with Gasteiger partial charge < -0.3 is 5.32 Å². The van der Waals surface area contributed by atoms with Gasteiger partial charge in [-0.2, -0.15) is 26.7 Å². The number of nitrogens with one attached hydrogen (secondary N) is 2. The van der Waals surface area contributed by atoms with Crippen LogP contribution in [0.25, 0.3) is 0 Å². The zero-order valence-electron chi connectivity index (χ0n) is 17.1. The summed E-state index contributed by atoms with van der Waals surface area (Å²) in [4.78, 5) is 12.6. The summed E-state index contributed by atoms with van der Waals surface area (Å²) in [5, 5.41) is 6.24. The van der Waals surface area contributed by atoms with Crippen molar-refractivity contribution in [2.24, 2.45) is 0 Å². The Balaban J connectivity index is 1.60. The first-order chi connectivity index (χ1) is 14.5. The zero-order valence-corrected chi connectivity index (χ0v) is 18.0. The van der Waals surface area contributed by atoms with Crippen LogP contribution < -0.4 is 10.0 Å². The number of carbonyl (C=O) groups excluding carboxylic acids is 1. The summed E-state index contributed by atoms with van der Waals surface area (Å²) < 4.78 is 66.9. The van der Waals surface area contributed by atoms with Crippen LogP contribution in [0.2, 0.25) is 0 Å². The number of benzene rings is 1. The van der Waals surface area contributed by atoms with E-state index in [1.54, 1.807) is 4.72 Å². The summed E-state index contributed by atoms with van der Waals surface area (Å²) in [6.45, 7) is 2.95. The Bertz CT molecular complexity index is 1120. The predicted octanol–water partition coefficient (Wildman–Crippen LogP) is 3.92. The van der Waals surface area contributed by atoms with Gasteiger partial charge in [-0.15, -0.1) is 4.09 Å². The maximum atomic E-state index is 13.3. The number of halogens is 3. The third-order valence-corrected chi connectivity index (χ3v) is 6.88. The second-order valence-electron chi connectivity index (χ2n) is 8.25. The van der Waals surface area contributed by atoms with E-state index in [2.05, 4.69) is 16.5 Å². The number of carbonyl (C=O) groups is 1. The molecule has 4 rings (SSSR count). The number of aromatic nitrogens is 2. The molecule has 2 amide bonds. The van der Waals surface area contributed by atoms with E-state index >= 15 is 0 Å². The lowest BCUT2D eigenvalue weighted by Crippen LogP contribution is -2.38. The number of alkyl halides is 3. The SMILES string of the molecule is CC(C)c1nn(S(=O)(=O)NC(=O)Nc2c3c(cc4c2CCC4)CCC3)cc1C(F)(F)F. The van der Waals surface area contributed by atoms with Gasteiger partial charge in [0.15, 0.2) is 0 Å². The molecular formula is C20H23F3N4O3S. The molecule has 1 aromatic carbocycles. The van der Waals surface area contributed by atoms with E-state index in [9.17, 15) is 26.4 Å². The molecule has 2 N–H and O–H groups in total. The topological polar surface area (TPSA) is 93.1 Å². The van der Waals surface area contributed by atoms with Crippen molar-refractivity contribution in [1.82, 2.24) is 13.9 Å². The van der Waals surface area contributed by atoms with Crippen LogP contribution in [0.4, 0.5) is 23.7 Å². The minimum absolute atomic E-state index is 0.171. The van der Waals surface area contributed by atoms with Crippen LogP contribution in [-0.2, 0) is 42.1 Å². The lowest BCUT2D eigenvalue weighted by Gasteiger charge is -2.16. The van der Waals surface area contributed by atoms with Crippen LogP contribution in [-0.4, -0.2) is 23.6 Å². The summed E-state index contributed by atoms with van der Waals surface area (Å²) in [6.07, 6.45) is 0.930. The van der Waals surface area contributed by atoms with Crippen LogP contribution in [0.3, 0.4) is 0 Å². The predicted molar refractivity (Wildman–Crippen MR) is 108 cm³/mol. The van der Waals surface area contributed by atoms with Crippen molar-refractivity contribution < 1.29 is 26.4 Å². The molecule has 2 aliphatic carbocycles. The Morgan fingerprint density at radius 1 is 1.10 bits per heavy atom. The Kier molecular flexibility index (Phi) is 5.27. The van der Waals surface area contributed by atoms with Gasteiger partial charge in [-0.05, 0) is 66.7 Å². The highest BCUT2D eigenvalue weighted by Gasteiger charge is 2.38. The standard InChI is InChI=1S/C20H23F3N4O3S/c1-11(2)17-16(20(21,22)23)10-27(25-17)31(29,30)26-19(28)24-18-14-7-3-5-12(14)9-13-6-4-8-15(13)18/h9-11H,3-8H2,1-2H3,(H2,24,26,28). The van der Waals surface area contributed by atoms with Crippen molar-refractivity contribution in [3.63, 3.8) is 0 Å². The highest BCUT2D eigenvalue weighted by atomic mass is 32.2. The summed E-state index contributed by atoms with van der Waals surface area (Å²) in [7, 11) is -4.66. The van der Waals surface area contributed by atoms with Crippen LogP contribution >= 0.6 is 0 Å². The van der Waals surface area contributed by atoms with Crippen LogP contribution in [0, 0.1) is 0 Å². The summed E-state index contributed by atoms with van der Waals surface area (Å²) in [5.74, 6) is -0.656. The summed E-state index contributed by atoms with van der Waals surface area (Å²) in [6, 6.07) is 1.14. The van der Waals surface area contributed by atoms with Gasteiger partial charge >= 0.3 is 22.4 Å². The molecule has 0 atom stereocenters. The molecule has 0 saturated heterocycles. The van der Waals surface area contributed by atoms with Gasteiger partial charge in [0.25, 0.3) is 0 Å². The van der Waals surface area contributed by atoms with E-state index in [4.69, 9.17) is 0 Å². The van der Waals surface area contributed by atoms with Crippen molar-refractivity contribution in [2.45, 2.75) is 64.5 Å². The Labute approximate surface area is 178 Å². The second kappa shape index (κ2) is 7.54. The van der Waals surface area contributed by atoms with Crippen LogP contribution in [0.1, 0.15) is 66.1 Å². The molecule has 1 aromatic heterocycles. The highest BCUT2D eigenvalue weighted by molar-refractivity contribution is 7.88. The Morgan fingerprint density at radius 2 is 1.68 bits per heavy atom. The number of nitrogens with zero attached hydrogens (tertiary/aromatic N) is 2. The molecule has 168 valence electrons. The molecule has 31 heavy (non-hydrogen) atoms. The lowest BCUT2D eigenvalue weighted by atomic mass is 9.99. The van der Waals surface area contributed by atoms with E-state index in [-0.39, 0.29) is 4.09 Å². The first-order valence-electron chi connectivity index (χ1n) is 10.1. The summed E-state index contributed by atoms with van der Waals surface area (Å²) in [5.41, 5.74) is 3.41. The average Bonchev–Trinajstić information content (AvgIpc) is 3.39. The van der Waals surface area contributed by atoms with Gasteiger partial charge in [-0.1, -0.05) is 19.9 Å². The highest BCUT2D eigenvalue weighted by Crippen LogP contribution is 2.38. The van der Waals surface area contributed by atoms with E-state index in [1.165, 1.54) is 13.8 Å². The fourth-order valence-electron chi connectivity index (χ4n) is 4.40. The van der Waals surface area contributed by atoms with Gasteiger partial charge in [0, 0.05) is 5.69 Å². The number of anilines is 1. The molecule has 0 unspecified atom stereocenters. The van der Waals surface area contributed by atoms with Gasteiger partial charge in [0.1, 0.15) is 0 Å². The molecule has 0 spiro atoms. The van der Waals surface area contributed by atoms with Crippen LogP contribution in [0.15, 0.2) is 12.3 Å². The minimum Gasteiger partial charge on any atom is -0.307 e. The number of aryl methyl sites for hydroxylation is 2. The van der Waals surface area contributed by atoms with Gasteiger partial charge in [0.2, 0.25) is 0 Å². The van der Waals surface area contributed by atoms with Crippen molar-refractivity contribution in [3.8, 4) is 0 Å². The van der Waals surface area contributed by atoms with E-state index in [0.717, 1.165) is 60.8 Å². The van der Waals surface area contributed by atoms with Gasteiger partial charge in [-0.3, -0.25) is 0 Å². The third-order valence-electron chi connectivity index (χ3n) is 5.75. The second-order valence-corrected chi connectivity index (χ2v) is 9.78. The molecule has 0 bridgehead atoms. The smallest absolute Gasteiger partial charge is 0.307 e. The van der Waals surface area contributed by atoms with Crippen molar-refractivity contribution in [3.05, 3.63) is 45.8 Å². The molecular weight excluding hydrogens is 433 g/mol. The molecule has 0 aliphatic heterocycles. The van der Waals surface area contributed by atoms with E-state index in [0.29, 0.717) is 11.9 Å². The monoisotopic (exact) mass is 456 g/mol. The van der Waals surface area contributed by atoms with E-state index < -0.39 is 39.6 Å². The number of amides is 2. The average molecular weight is 456 g/mol. The number of hydrogen-bond acceptors (Lipinski definition) is 4. The third kappa shape index (κ3) is 4.02. The minimum atomic E-state index is -4.76. The molecule has 2 aromatic rings. The first kappa shape index (κ1) is 21.7. The zero-order chi connectivity index (χ0) is 22.6. The fourth-order valence-corrected chi connectivity index (χ4v) is 5.22. The van der Waals surface area contributed by atoms with Crippen molar-refractivity contribution >= 4 is 21.9 Å². The molecule has 1 heterocycles. The largest absolute Gasteiger partial charge is 0.419 e. The van der Waals surface area contributed by atoms with Crippen LogP contribution in [0.5, 0.6) is 0 Å². The molecule has 0 radical (unpaired) electrons. The number of fused-ring (bicyclic) bond motifs is 2. The molecule has 11 heteroatoms. The number of hydrogen-bond donors (Lipinski definition) is 2. The Hall–Kier alpha value is -2.56. The maximum absolute atomic E-state index is 13.3. The number of urea groups is 1.